The van der Waals surface area contributed by atoms with Gasteiger partial charge in [0.25, 0.3) is 11.8 Å². The van der Waals surface area contributed by atoms with Crippen molar-refractivity contribution in [2.75, 3.05) is 17.2 Å². The van der Waals surface area contributed by atoms with Crippen molar-refractivity contribution in [2.24, 2.45) is 5.92 Å². The van der Waals surface area contributed by atoms with Gasteiger partial charge in [0, 0.05) is 17.4 Å². The predicted octanol–water partition coefficient (Wildman–Crippen LogP) is 3.09. The Morgan fingerprint density at radius 1 is 1.20 bits per heavy atom. The third kappa shape index (κ3) is 5.12. The van der Waals surface area contributed by atoms with Crippen LogP contribution in [0.4, 0.5) is 11.5 Å². The first-order valence-corrected chi connectivity index (χ1v) is 8.37. The molecule has 1 aliphatic carbocycles. The molecule has 2 aromatic rings. The minimum atomic E-state index is -0.522. The standard InChI is InChI=1S/C19H21N3O3/c1-13(25-12-14-8-9-14)18(23)21-16-6-4-5-15(11-16)19(24)22-17-7-2-3-10-20-17/h2-7,10-11,13-14H,8-9,12H2,1H3,(H,21,23)(H,20,22,24)/t13-/m1/s1. The Balaban J connectivity index is 1.58. The third-order valence-corrected chi connectivity index (χ3v) is 3.95. The molecule has 3 rings (SSSR count). The highest BCUT2D eigenvalue weighted by molar-refractivity contribution is 6.05. The smallest absolute Gasteiger partial charge is 0.256 e. The summed E-state index contributed by atoms with van der Waals surface area (Å²) in [5, 5.41) is 5.50. The van der Waals surface area contributed by atoms with Gasteiger partial charge in [0.2, 0.25) is 0 Å². The maximum absolute atomic E-state index is 12.3. The van der Waals surface area contributed by atoms with Crippen LogP contribution in [0.5, 0.6) is 0 Å². The number of nitrogens with zero attached hydrogens (tertiary/aromatic N) is 1. The number of rotatable bonds is 7. The molecule has 1 atom stereocenters. The second kappa shape index (κ2) is 7.90. The Morgan fingerprint density at radius 2 is 2.04 bits per heavy atom. The summed E-state index contributed by atoms with van der Waals surface area (Å²) in [5.74, 6) is 0.577. The summed E-state index contributed by atoms with van der Waals surface area (Å²) in [7, 11) is 0. The van der Waals surface area contributed by atoms with Gasteiger partial charge in [0.15, 0.2) is 0 Å². The van der Waals surface area contributed by atoms with Crippen molar-refractivity contribution in [3.05, 3.63) is 54.2 Å². The molecule has 1 saturated carbocycles. The van der Waals surface area contributed by atoms with Crippen molar-refractivity contribution in [2.45, 2.75) is 25.9 Å². The van der Waals surface area contributed by atoms with Crippen LogP contribution in [0.25, 0.3) is 0 Å². The van der Waals surface area contributed by atoms with E-state index in [9.17, 15) is 9.59 Å². The van der Waals surface area contributed by atoms with Crippen molar-refractivity contribution >= 4 is 23.3 Å². The highest BCUT2D eigenvalue weighted by atomic mass is 16.5. The van der Waals surface area contributed by atoms with Crippen LogP contribution in [-0.2, 0) is 9.53 Å². The molecule has 0 saturated heterocycles. The number of benzene rings is 1. The van der Waals surface area contributed by atoms with Crippen LogP contribution in [-0.4, -0.2) is 29.5 Å². The Hall–Kier alpha value is -2.73. The molecule has 25 heavy (non-hydrogen) atoms. The van der Waals surface area contributed by atoms with E-state index in [1.165, 1.54) is 12.8 Å². The maximum atomic E-state index is 12.3. The molecule has 0 spiro atoms. The average Bonchev–Trinajstić information content (AvgIpc) is 3.45. The molecule has 1 aromatic carbocycles. The van der Waals surface area contributed by atoms with Crippen molar-refractivity contribution < 1.29 is 14.3 Å². The van der Waals surface area contributed by atoms with Gasteiger partial charge < -0.3 is 15.4 Å². The van der Waals surface area contributed by atoms with Gasteiger partial charge >= 0.3 is 0 Å². The van der Waals surface area contributed by atoms with Gasteiger partial charge in [-0.2, -0.15) is 0 Å². The number of pyridine rings is 1. The number of carbonyl (C=O) groups excluding carboxylic acids is 2. The summed E-state index contributed by atoms with van der Waals surface area (Å²) in [4.78, 5) is 28.5. The van der Waals surface area contributed by atoms with Crippen LogP contribution in [0.3, 0.4) is 0 Å². The van der Waals surface area contributed by atoms with Crippen LogP contribution >= 0.6 is 0 Å². The lowest BCUT2D eigenvalue weighted by Crippen LogP contribution is -2.28. The van der Waals surface area contributed by atoms with E-state index >= 15 is 0 Å². The maximum Gasteiger partial charge on any atom is 0.256 e. The Kier molecular flexibility index (Phi) is 5.40. The molecule has 0 unspecified atom stereocenters. The number of aromatic nitrogens is 1. The van der Waals surface area contributed by atoms with E-state index in [1.54, 1.807) is 55.6 Å². The first-order valence-electron chi connectivity index (χ1n) is 8.37. The van der Waals surface area contributed by atoms with E-state index in [-0.39, 0.29) is 11.8 Å². The fourth-order valence-electron chi connectivity index (χ4n) is 2.25. The van der Waals surface area contributed by atoms with E-state index in [1.807, 2.05) is 0 Å². The number of nitrogens with one attached hydrogen (secondary N) is 2. The minimum absolute atomic E-state index is 0.220. The number of carbonyl (C=O) groups is 2. The van der Waals surface area contributed by atoms with Gasteiger partial charge in [-0.25, -0.2) is 4.98 Å². The minimum Gasteiger partial charge on any atom is -0.368 e. The summed E-state index contributed by atoms with van der Waals surface area (Å²) in [6, 6.07) is 12.1. The first kappa shape index (κ1) is 17.1. The molecule has 2 N–H and O–H groups in total. The van der Waals surface area contributed by atoms with E-state index < -0.39 is 6.10 Å². The highest BCUT2D eigenvalue weighted by Gasteiger charge is 2.24. The molecule has 1 fully saturated rings. The third-order valence-electron chi connectivity index (χ3n) is 3.95. The van der Waals surface area contributed by atoms with Gasteiger partial charge in [-0.05, 0) is 56.0 Å². The number of amides is 2. The number of ether oxygens (including phenoxy) is 1. The zero-order chi connectivity index (χ0) is 17.6. The summed E-state index contributed by atoms with van der Waals surface area (Å²) in [6.45, 7) is 2.36. The van der Waals surface area contributed by atoms with Crippen LogP contribution in [0.1, 0.15) is 30.1 Å². The molecular weight excluding hydrogens is 318 g/mol. The highest BCUT2D eigenvalue weighted by Crippen LogP contribution is 2.29. The Labute approximate surface area is 146 Å². The summed E-state index contributed by atoms with van der Waals surface area (Å²) < 4.78 is 5.56. The molecule has 0 aliphatic heterocycles. The average molecular weight is 339 g/mol. The van der Waals surface area contributed by atoms with Crippen molar-refractivity contribution in [3.63, 3.8) is 0 Å². The molecule has 1 aliphatic rings. The topological polar surface area (TPSA) is 80.3 Å². The molecular formula is C19H21N3O3. The van der Waals surface area contributed by atoms with Crippen LogP contribution in [0.15, 0.2) is 48.7 Å². The molecule has 130 valence electrons. The summed E-state index contributed by atoms with van der Waals surface area (Å²) in [5.41, 5.74) is 0.996. The van der Waals surface area contributed by atoms with Crippen LogP contribution < -0.4 is 10.6 Å². The van der Waals surface area contributed by atoms with Gasteiger partial charge in [0.05, 0.1) is 6.61 Å². The van der Waals surface area contributed by atoms with Crippen molar-refractivity contribution in [1.82, 2.24) is 4.98 Å². The predicted molar refractivity (Wildman–Crippen MR) is 95.4 cm³/mol. The lowest BCUT2D eigenvalue weighted by atomic mass is 10.2. The van der Waals surface area contributed by atoms with E-state index in [2.05, 4.69) is 15.6 Å². The van der Waals surface area contributed by atoms with E-state index in [4.69, 9.17) is 4.74 Å². The number of anilines is 2. The fourth-order valence-corrected chi connectivity index (χ4v) is 2.25. The Morgan fingerprint density at radius 3 is 2.76 bits per heavy atom. The zero-order valence-electron chi connectivity index (χ0n) is 14.1. The first-order chi connectivity index (χ1) is 12.1. The molecule has 6 heteroatoms. The van der Waals surface area contributed by atoms with E-state index in [0.717, 1.165) is 0 Å². The SMILES string of the molecule is C[C@@H](OCC1CC1)C(=O)Nc1cccc(C(=O)Nc2ccccn2)c1. The van der Waals surface area contributed by atoms with E-state index in [0.29, 0.717) is 29.6 Å². The number of hydrogen-bond acceptors (Lipinski definition) is 4. The summed E-state index contributed by atoms with van der Waals surface area (Å²) in [6.07, 6.45) is 3.45. The second-order valence-corrected chi connectivity index (χ2v) is 6.16. The van der Waals surface area contributed by atoms with Crippen LogP contribution in [0.2, 0.25) is 0 Å². The molecule has 6 nitrogen and oxygen atoms in total. The van der Waals surface area contributed by atoms with Gasteiger partial charge in [-0.3, -0.25) is 9.59 Å². The fraction of sp³-hybridized carbons (Fsp3) is 0.316. The molecule has 2 amide bonds. The van der Waals surface area contributed by atoms with Crippen molar-refractivity contribution in [1.29, 1.82) is 0 Å². The lowest BCUT2D eigenvalue weighted by molar-refractivity contribution is -0.126. The quantitative estimate of drug-likeness (QED) is 0.812. The summed E-state index contributed by atoms with van der Waals surface area (Å²) >= 11 is 0. The molecule has 0 bridgehead atoms. The normalized spacial score (nSPS) is 14.6. The van der Waals surface area contributed by atoms with Crippen molar-refractivity contribution in [3.8, 4) is 0 Å². The second-order valence-electron chi connectivity index (χ2n) is 6.16. The molecule has 1 aromatic heterocycles. The van der Waals surface area contributed by atoms with Gasteiger partial charge in [0.1, 0.15) is 11.9 Å². The zero-order valence-corrected chi connectivity index (χ0v) is 14.1. The Bertz CT molecular complexity index is 745. The lowest BCUT2D eigenvalue weighted by Gasteiger charge is -2.13. The van der Waals surface area contributed by atoms with Gasteiger partial charge in [-0.1, -0.05) is 12.1 Å². The monoisotopic (exact) mass is 339 g/mol. The van der Waals surface area contributed by atoms with Crippen LogP contribution in [0, 0.1) is 5.92 Å². The van der Waals surface area contributed by atoms with Gasteiger partial charge in [-0.15, -0.1) is 0 Å². The number of hydrogen-bond donors (Lipinski definition) is 2. The largest absolute Gasteiger partial charge is 0.368 e. The molecule has 0 radical (unpaired) electrons. The molecule has 1 heterocycles.